The van der Waals surface area contributed by atoms with Gasteiger partial charge in [0, 0.05) is 19.1 Å². The molecule has 0 fully saturated rings. The van der Waals surface area contributed by atoms with E-state index in [4.69, 9.17) is 5.73 Å². The SMILES string of the molecule is C=CCN(CC=C)c1ccc(C(C)N)cc1F. The van der Waals surface area contributed by atoms with E-state index in [1.54, 1.807) is 18.2 Å². The molecule has 0 radical (unpaired) electrons. The van der Waals surface area contributed by atoms with Crippen LogP contribution in [0.25, 0.3) is 0 Å². The molecule has 0 heterocycles. The fourth-order valence-electron chi connectivity index (χ4n) is 1.65. The minimum absolute atomic E-state index is 0.161. The molecule has 0 aliphatic carbocycles. The first-order chi connectivity index (χ1) is 8.10. The Morgan fingerprint density at radius 2 is 1.94 bits per heavy atom. The van der Waals surface area contributed by atoms with Gasteiger partial charge in [0.15, 0.2) is 0 Å². The Labute approximate surface area is 102 Å². The third kappa shape index (κ3) is 3.43. The summed E-state index contributed by atoms with van der Waals surface area (Å²) in [5.74, 6) is -0.261. The quantitative estimate of drug-likeness (QED) is 0.767. The third-order valence-electron chi connectivity index (χ3n) is 2.54. The van der Waals surface area contributed by atoms with Gasteiger partial charge in [-0.1, -0.05) is 18.2 Å². The van der Waals surface area contributed by atoms with E-state index in [1.807, 2.05) is 17.9 Å². The highest BCUT2D eigenvalue weighted by Gasteiger charge is 2.11. The standard InChI is InChI=1S/C14H19FN2/c1-4-8-17(9-5-2)14-7-6-12(11(3)16)10-13(14)15/h4-7,10-11H,1-2,8-9,16H2,3H3. The third-order valence-corrected chi connectivity index (χ3v) is 2.54. The molecule has 0 spiro atoms. The molecule has 3 heteroatoms. The first kappa shape index (κ1) is 13.5. The van der Waals surface area contributed by atoms with Gasteiger partial charge in [-0.2, -0.15) is 0 Å². The van der Waals surface area contributed by atoms with Crippen LogP contribution in [-0.2, 0) is 0 Å². The van der Waals surface area contributed by atoms with Gasteiger partial charge in [-0.15, -0.1) is 13.2 Å². The van der Waals surface area contributed by atoms with Crippen molar-refractivity contribution in [3.63, 3.8) is 0 Å². The molecule has 0 saturated carbocycles. The Kier molecular flexibility index (Phi) is 4.91. The first-order valence-corrected chi connectivity index (χ1v) is 5.62. The summed E-state index contributed by atoms with van der Waals surface area (Å²) in [5, 5.41) is 0. The molecule has 0 aliphatic heterocycles. The fourth-order valence-corrected chi connectivity index (χ4v) is 1.65. The van der Waals surface area contributed by atoms with Crippen LogP contribution in [0, 0.1) is 5.82 Å². The molecule has 2 N–H and O–H groups in total. The predicted octanol–water partition coefficient (Wildman–Crippen LogP) is 3.02. The van der Waals surface area contributed by atoms with E-state index >= 15 is 0 Å². The van der Waals surface area contributed by atoms with E-state index in [2.05, 4.69) is 13.2 Å². The topological polar surface area (TPSA) is 29.3 Å². The van der Waals surface area contributed by atoms with E-state index < -0.39 is 0 Å². The molecule has 1 aromatic rings. The van der Waals surface area contributed by atoms with Crippen molar-refractivity contribution in [1.82, 2.24) is 0 Å². The van der Waals surface area contributed by atoms with E-state index in [-0.39, 0.29) is 11.9 Å². The lowest BCUT2D eigenvalue weighted by molar-refractivity contribution is 0.617. The van der Waals surface area contributed by atoms with Gasteiger partial charge in [0.2, 0.25) is 0 Å². The number of anilines is 1. The second kappa shape index (κ2) is 6.21. The van der Waals surface area contributed by atoms with E-state index in [0.29, 0.717) is 18.8 Å². The zero-order chi connectivity index (χ0) is 12.8. The average Bonchev–Trinajstić information content (AvgIpc) is 2.28. The number of hydrogen-bond donors (Lipinski definition) is 1. The van der Waals surface area contributed by atoms with Crippen molar-refractivity contribution in [3.05, 3.63) is 54.9 Å². The van der Waals surface area contributed by atoms with E-state index in [1.165, 1.54) is 6.07 Å². The van der Waals surface area contributed by atoms with Gasteiger partial charge in [-0.3, -0.25) is 0 Å². The molecule has 0 aliphatic rings. The highest BCUT2D eigenvalue weighted by molar-refractivity contribution is 5.50. The smallest absolute Gasteiger partial charge is 0.146 e. The molecule has 2 nitrogen and oxygen atoms in total. The summed E-state index contributed by atoms with van der Waals surface area (Å²) in [6, 6.07) is 4.92. The molecular weight excluding hydrogens is 215 g/mol. The fraction of sp³-hybridized carbons (Fsp3) is 0.286. The molecule has 0 bridgehead atoms. The summed E-state index contributed by atoms with van der Waals surface area (Å²) < 4.78 is 13.9. The molecule has 0 aromatic heterocycles. The molecule has 0 amide bonds. The van der Waals surface area contributed by atoms with Crippen LogP contribution in [0.4, 0.5) is 10.1 Å². The van der Waals surface area contributed by atoms with Crippen molar-refractivity contribution in [2.45, 2.75) is 13.0 Å². The van der Waals surface area contributed by atoms with E-state index in [0.717, 1.165) is 5.56 Å². The summed E-state index contributed by atoms with van der Waals surface area (Å²) in [6.07, 6.45) is 3.48. The van der Waals surface area contributed by atoms with Crippen molar-refractivity contribution < 1.29 is 4.39 Å². The Bertz CT molecular complexity index is 389. The lowest BCUT2D eigenvalue weighted by Gasteiger charge is -2.22. The molecule has 1 aromatic carbocycles. The molecule has 17 heavy (non-hydrogen) atoms. The van der Waals surface area contributed by atoms with Crippen LogP contribution in [0.15, 0.2) is 43.5 Å². The van der Waals surface area contributed by atoms with Crippen molar-refractivity contribution >= 4 is 5.69 Å². The van der Waals surface area contributed by atoms with Crippen LogP contribution in [0.2, 0.25) is 0 Å². The van der Waals surface area contributed by atoms with Crippen LogP contribution < -0.4 is 10.6 Å². The van der Waals surface area contributed by atoms with Gasteiger partial charge in [-0.25, -0.2) is 4.39 Å². The second-order valence-corrected chi connectivity index (χ2v) is 3.98. The molecule has 1 atom stereocenters. The number of halogens is 1. The minimum atomic E-state index is -0.261. The van der Waals surface area contributed by atoms with Gasteiger partial charge in [-0.05, 0) is 24.6 Å². The Balaban J connectivity index is 3.03. The summed E-state index contributed by atoms with van der Waals surface area (Å²) in [4.78, 5) is 1.86. The van der Waals surface area contributed by atoms with Gasteiger partial charge >= 0.3 is 0 Å². The van der Waals surface area contributed by atoms with Crippen LogP contribution in [0.1, 0.15) is 18.5 Å². The van der Waals surface area contributed by atoms with Crippen molar-refractivity contribution in [1.29, 1.82) is 0 Å². The number of nitrogens with two attached hydrogens (primary N) is 1. The Morgan fingerprint density at radius 3 is 2.35 bits per heavy atom. The molecule has 1 rings (SSSR count). The van der Waals surface area contributed by atoms with Gasteiger partial charge in [0.25, 0.3) is 0 Å². The normalized spacial score (nSPS) is 11.9. The Morgan fingerprint density at radius 1 is 1.35 bits per heavy atom. The maximum Gasteiger partial charge on any atom is 0.146 e. The van der Waals surface area contributed by atoms with Crippen LogP contribution >= 0.6 is 0 Å². The average molecular weight is 234 g/mol. The number of rotatable bonds is 6. The lowest BCUT2D eigenvalue weighted by Crippen LogP contribution is -2.24. The summed E-state index contributed by atoms with van der Waals surface area (Å²) >= 11 is 0. The van der Waals surface area contributed by atoms with Gasteiger partial charge < -0.3 is 10.6 Å². The second-order valence-electron chi connectivity index (χ2n) is 3.98. The monoisotopic (exact) mass is 234 g/mol. The van der Waals surface area contributed by atoms with Gasteiger partial charge in [0.05, 0.1) is 5.69 Å². The summed E-state index contributed by atoms with van der Waals surface area (Å²) in [6.45, 7) is 10.3. The Hall–Kier alpha value is -1.61. The van der Waals surface area contributed by atoms with Crippen LogP contribution in [0.5, 0.6) is 0 Å². The summed E-state index contributed by atoms with van der Waals surface area (Å²) in [7, 11) is 0. The van der Waals surface area contributed by atoms with Gasteiger partial charge in [0.1, 0.15) is 5.82 Å². The molecule has 92 valence electrons. The largest absolute Gasteiger partial charge is 0.362 e. The van der Waals surface area contributed by atoms with Crippen molar-refractivity contribution in [2.24, 2.45) is 5.73 Å². The zero-order valence-electron chi connectivity index (χ0n) is 10.2. The van der Waals surface area contributed by atoms with Crippen LogP contribution in [0.3, 0.4) is 0 Å². The lowest BCUT2D eigenvalue weighted by atomic mass is 10.1. The number of nitrogens with zero attached hydrogens (tertiary/aromatic N) is 1. The van der Waals surface area contributed by atoms with Crippen molar-refractivity contribution in [2.75, 3.05) is 18.0 Å². The van der Waals surface area contributed by atoms with Crippen molar-refractivity contribution in [3.8, 4) is 0 Å². The molecular formula is C14H19FN2. The summed E-state index contributed by atoms with van der Waals surface area (Å²) in [5.41, 5.74) is 7.06. The highest BCUT2D eigenvalue weighted by Crippen LogP contribution is 2.22. The number of benzene rings is 1. The van der Waals surface area contributed by atoms with Crippen LogP contribution in [-0.4, -0.2) is 13.1 Å². The first-order valence-electron chi connectivity index (χ1n) is 5.62. The van der Waals surface area contributed by atoms with E-state index in [9.17, 15) is 4.39 Å². The maximum absolute atomic E-state index is 13.9. The molecule has 0 saturated heterocycles. The zero-order valence-corrected chi connectivity index (χ0v) is 10.2. The predicted molar refractivity (Wildman–Crippen MR) is 71.6 cm³/mol. The number of hydrogen-bond acceptors (Lipinski definition) is 2. The maximum atomic E-state index is 13.9. The highest BCUT2D eigenvalue weighted by atomic mass is 19.1. The molecule has 1 unspecified atom stereocenters. The minimum Gasteiger partial charge on any atom is -0.362 e.